The third-order valence-electron chi connectivity index (χ3n) is 6.21. The summed E-state index contributed by atoms with van der Waals surface area (Å²) in [5.41, 5.74) is 3.29. The first-order chi connectivity index (χ1) is 14.0. The van der Waals surface area contributed by atoms with Crippen molar-refractivity contribution in [2.24, 2.45) is 5.92 Å². The Morgan fingerprint density at radius 3 is 2.48 bits per heavy atom. The van der Waals surface area contributed by atoms with Crippen molar-refractivity contribution < 1.29 is 4.79 Å². The Balaban J connectivity index is 1.79. The number of pyridine rings is 1. The molecule has 152 valence electrons. The van der Waals surface area contributed by atoms with Gasteiger partial charge in [0, 0.05) is 24.7 Å². The number of rotatable bonds is 4. The van der Waals surface area contributed by atoms with Gasteiger partial charge in [0.1, 0.15) is 0 Å². The van der Waals surface area contributed by atoms with E-state index in [9.17, 15) is 4.79 Å². The van der Waals surface area contributed by atoms with Crippen LogP contribution in [0.5, 0.6) is 0 Å². The van der Waals surface area contributed by atoms with Gasteiger partial charge in [0.05, 0.1) is 22.8 Å². The van der Waals surface area contributed by atoms with E-state index >= 15 is 0 Å². The third-order valence-corrected chi connectivity index (χ3v) is 6.21. The van der Waals surface area contributed by atoms with E-state index in [1.54, 1.807) is 6.20 Å². The zero-order chi connectivity index (χ0) is 20.5. The molecule has 3 aromatic rings. The van der Waals surface area contributed by atoms with E-state index in [0.29, 0.717) is 11.6 Å². The highest BCUT2D eigenvalue weighted by atomic mass is 16.2. The molecule has 2 heterocycles. The van der Waals surface area contributed by atoms with Crippen LogP contribution in [0.2, 0.25) is 0 Å². The fourth-order valence-electron chi connectivity index (χ4n) is 4.32. The molecule has 0 bridgehead atoms. The van der Waals surface area contributed by atoms with Crippen molar-refractivity contribution in [3.8, 4) is 11.3 Å². The number of nitrogens with zero attached hydrogens (tertiary/aromatic N) is 4. The summed E-state index contributed by atoms with van der Waals surface area (Å²) in [7, 11) is 1.95. The number of hydrogen-bond donors (Lipinski definition) is 0. The van der Waals surface area contributed by atoms with Crippen LogP contribution in [0.4, 0.5) is 0 Å². The average Bonchev–Trinajstić information content (AvgIpc) is 3.17. The van der Waals surface area contributed by atoms with Gasteiger partial charge in [0.15, 0.2) is 5.65 Å². The first kappa shape index (κ1) is 19.6. The molecule has 0 N–H and O–H groups in total. The molecule has 1 aromatic carbocycles. The molecule has 1 saturated carbocycles. The van der Waals surface area contributed by atoms with Gasteiger partial charge in [-0.05, 0) is 51.5 Å². The average molecular weight is 391 g/mol. The number of carbonyl (C=O) groups is 1. The SMILES string of the molecule is CC1CCC(N(C)C(=O)c2cc(-c3ccccc3)nc3c2cnn3C(C)C)CC1. The smallest absolute Gasteiger partial charge is 0.254 e. The predicted molar refractivity (Wildman–Crippen MR) is 117 cm³/mol. The maximum Gasteiger partial charge on any atom is 0.254 e. The Morgan fingerprint density at radius 1 is 1.14 bits per heavy atom. The van der Waals surface area contributed by atoms with Crippen LogP contribution < -0.4 is 0 Å². The van der Waals surface area contributed by atoms with Crippen molar-refractivity contribution in [2.75, 3.05) is 7.05 Å². The number of aromatic nitrogens is 3. The van der Waals surface area contributed by atoms with Crippen molar-refractivity contribution in [1.29, 1.82) is 0 Å². The zero-order valence-electron chi connectivity index (χ0n) is 17.8. The quantitative estimate of drug-likeness (QED) is 0.605. The van der Waals surface area contributed by atoms with Gasteiger partial charge in [-0.25, -0.2) is 9.67 Å². The molecule has 5 heteroatoms. The van der Waals surface area contributed by atoms with Crippen LogP contribution in [-0.4, -0.2) is 38.7 Å². The lowest BCUT2D eigenvalue weighted by atomic mass is 9.86. The van der Waals surface area contributed by atoms with Crippen LogP contribution >= 0.6 is 0 Å². The first-order valence-electron chi connectivity index (χ1n) is 10.7. The van der Waals surface area contributed by atoms with Gasteiger partial charge < -0.3 is 4.90 Å². The van der Waals surface area contributed by atoms with Crippen LogP contribution in [0, 0.1) is 5.92 Å². The Kier molecular flexibility index (Phi) is 5.39. The largest absolute Gasteiger partial charge is 0.339 e. The fraction of sp³-hybridized carbons (Fsp3) is 0.458. The Labute approximate surface area is 172 Å². The standard InChI is InChI=1S/C24H30N4O/c1-16(2)28-23-21(15-25-28)20(14-22(26-23)18-8-6-5-7-9-18)24(29)27(4)19-12-10-17(3)11-13-19/h5-9,14-17,19H,10-13H2,1-4H3. The lowest BCUT2D eigenvalue weighted by Crippen LogP contribution is -2.39. The molecule has 5 nitrogen and oxygen atoms in total. The second-order valence-corrected chi connectivity index (χ2v) is 8.67. The molecule has 29 heavy (non-hydrogen) atoms. The van der Waals surface area contributed by atoms with E-state index in [-0.39, 0.29) is 11.9 Å². The summed E-state index contributed by atoms with van der Waals surface area (Å²) >= 11 is 0. The highest BCUT2D eigenvalue weighted by molar-refractivity contribution is 6.06. The molecule has 1 aliphatic rings. The summed E-state index contributed by atoms with van der Waals surface area (Å²) in [6.45, 7) is 6.47. The summed E-state index contributed by atoms with van der Waals surface area (Å²) in [5.74, 6) is 0.828. The van der Waals surface area contributed by atoms with E-state index in [4.69, 9.17) is 4.98 Å². The fourth-order valence-corrected chi connectivity index (χ4v) is 4.32. The van der Waals surface area contributed by atoms with Crippen molar-refractivity contribution in [2.45, 2.75) is 58.5 Å². The summed E-state index contributed by atoms with van der Waals surface area (Å²) < 4.78 is 1.90. The lowest BCUT2D eigenvalue weighted by Gasteiger charge is -2.33. The van der Waals surface area contributed by atoms with E-state index < -0.39 is 0 Å². The van der Waals surface area contributed by atoms with Gasteiger partial charge in [-0.15, -0.1) is 0 Å². The predicted octanol–water partition coefficient (Wildman–Crippen LogP) is 5.33. The van der Waals surface area contributed by atoms with E-state index in [1.165, 1.54) is 12.8 Å². The van der Waals surface area contributed by atoms with Gasteiger partial charge >= 0.3 is 0 Å². The maximum atomic E-state index is 13.6. The second kappa shape index (κ2) is 7.97. The van der Waals surface area contributed by atoms with E-state index in [2.05, 4.69) is 25.9 Å². The third kappa shape index (κ3) is 3.78. The van der Waals surface area contributed by atoms with Crippen LogP contribution in [-0.2, 0) is 0 Å². The minimum Gasteiger partial charge on any atom is -0.339 e. The second-order valence-electron chi connectivity index (χ2n) is 8.67. The number of carbonyl (C=O) groups excluding carboxylic acids is 1. The van der Waals surface area contributed by atoms with Crippen LogP contribution in [0.25, 0.3) is 22.3 Å². The molecular formula is C24H30N4O. The molecule has 2 aromatic heterocycles. The normalized spacial score (nSPS) is 19.6. The molecule has 0 aliphatic heterocycles. The summed E-state index contributed by atoms with van der Waals surface area (Å²) in [6, 6.07) is 12.5. The first-order valence-corrected chi connectivity index (χ1v) is 10.7. The molecule has 1 fully saturated rings. The molecule has 4 rings (SSSR count). The Morgan fingerprint density at radius 2 is 1.83 bits per heavy atom. The molecule has 1 amide bonds. The van der Waals surface area contributed by atoms with Crippen LogP contribution in [0.1, 0.15) is 62.9 Å². The van der Waals surface area contributed by atoms with Gasteiger partial charge in [0.25, 0.3) is 5.91 Å². The van der Waals surface area contributed by atoms with Crippen molar-refractivity contribution in [3.63, 3.8) is 0 Å². The highest BCUT2D eigenvalue weighted by Crippen LogP contribution is 2.30. The topological polar surface area (TPSA) is 51.0 Å². The lowest BCUT2D eigenvalue weighted by molar-refractivity contribution is 0.0681. The van der Waals surface area contributed by atoms with Crippen LogP contribution in [0.15, 0.2) is 42.6 Å². The number of amides is 1. The molecule has 0 spiro atoms. The van der Waals surface area contributed by atoms with E-state index in [0.717, 1.165) is 41.1 Å². The highest BCUT2D eigenvalue weighted by Gasteiger charge is 2.27. The van der Waals surface area contributed by atoms with Gasteiger partial charge in [-0.2, -0.15) is 5.10 Å². The summed E-state index contributed by atoms with van der Waals surface area (Å²) in [5, 5.41) is 5.37. The monoisotopic (exact) mass is 390 g/mol. The van der Waals surface area contributed by atoms with Crippen LogP contribution in [0.3, 0.4) is 0 Å². The molecule has 0 radical (unpaired) electrons. The Bertz CT molecular complexity index is 1000. The van der Waals surface area contributed by atoms with E-state index in [1.807, 2.05) is 53.0 Å². The number of fused-ring (bicyclic) bond motifs is 1. The van der Waals surface area contributed by atoms with Gasteiger partial charge in [0.2, 0.25) is 0 Å². The van der Waals surface area contributed by atoms with Crippen molar-refractivity contribution in [1.82, 2.24) is 19.7 Å². The zero-order valence-corrected chi connectivity index (χ0v) is 17.8. The number of benzene rings is 1. The van der Waals surface area contributed by atoms with Crippen molar-refractivity contribution in [3.05, 3.63) is 48.2 Å². The van der Waals surface area contributed by atoms with Gasteiger partial charge in [-0.3, -0.25) is 4.79 Å². The Hall–Kier alpha value is -2.69. The summed E-state index contributed by atoms with van der Waals surface area (Å²) in [6.07, 6.45) is 6.33. The molecule has 1 aliphatic carbocycles. The number of hydrogen-bond acceptors (Lipinski definition) is 3. The molecule has 0 saturated heterocycles. The maximum absolute atomic E-state index is 13.6. The molecular weight excluding hydrogens is 360 g/mol. The summed E-state index contributed by atoms with van der Waals surface area (Å²) in [4.78, 5) is 20.4. The minimum absolute atomic E-state index is 0.0671. The van der Waals surface area contributed by atoms with Crippen molar-refractivity contribution >= 4 is 16.9 Å². The van der Waals surface area contributed by atoms with Gasteiger partial charge in [-0.1, -0.05) is 37.3 Å². The molecule has 0 atom stereocenters. The minimum atomic E-state index is 0.0671. The molecule has 0 unspecified atom stereocenters.